The van der Waals surface area contributed by atoms with Gasteiger partial charge in [-0.05, 0) is 6.07 Å². The van der Waals surface area contributed by atoms with Crippen LogP contribution in [-0.4, -0.2) is 35.8 Å². The molecule has 1 saturated heterocycles. The van der Waals surface area contributed by atoms with Crippen LogP contribution in [0.15, 0.2) is 16.7 Å². The normalized spacial score (nSPS) is 15.9. The Morgan fingerprint density at radius 1 is 1.39 bits per heavy atom. The highest BCUT2D eigenvalue weighted by Crippen LogP contribution is 2.15. The van der Waals surface area contributed by atoms with Gasteiger partial charge in [0.05, 0.1) is 12.8 Å². The molecule has 3 N–H and O–H groups in total. The van der Waals surface area contributed by atoms with Gasteiger partial charge in [0.15, 0.2) is 5.76 Å². The Kier molecular flexibility index (Phi) is 3.40. The van der Waals surface area contributed by atoms with E-state index < -0.39 is 17.7 Å². The van der Waals surface area contributed by atoms with Gasteiger partial charge in [-0.1, -0.05) is 0 Å². The minimum absolute atomic E-state index is 0.0235. The molecule has 8 heteroatoms. The topological polar surface area (TPSA) is 115 Å². The first-order valence-corrected chi connectivity index (χ1v) is 5.11. The number of morpholine rings is 1. The predicted octanol–water partition coefficient (Wildman–Crippen LogP) is -1.23. The average molecular weight is 253 g/mol. The SMILES string of the molecule is NNC(=O)c1occc1CN1C(=O)COCC1=O. The molecule has 1 aromatic rings. The zero-order valence-corrected chi connectivity index (χ0v) is 9.34. The van der Waals surface area contributed by atoms with E-state index in [1.165, 1.54) is 12.3 Å². The van der Waals surface area contributed by atoms with Crippen molar-refractivity contribution in [1.82, 2.24) is 10.3 Å². The number of rotatable bonds is 3. The molecule has 0 unspecified atom stereocenters. The van der Waals surface area contributed by atoms with E-state index in [9.17, 15) is 14.4 Å². The number of nitrogen functional groups attached to an aromatic ring is 1. The lowest BCUT2D eigenvalue weighted by Crippen LogP contribution is -2.45. The zero-order valence-electron chi connectivity index (χ0n) is 9.34. The molecule has 2 rings (SSSR count). The van der Waals surface area contributed by atoms with Gasteiger partial charge < -0.3 is 9.15 Å². The Hall–Kier alpha value is -2.19. The van der Waals surface area contributed by atoms with Crippen molar-refractivity contribution in [1.29, 1.82) is 0 Å². The van der Waals surface area contributed by atoms with Gasteiger partial charge in [-0.3, -0.25) is 24.7 Å². The summed E-state index contributed by atoms with van der Waals surface area (Å²) in [7, 11) is 0. The Morgan fingerprint density at radius 2 is 2.06 bits per heavy atom. The van der Waals surface area contributed by atoms with Crippen LogP contribution < -0.4 is 11.3 Å². The van der Waals surface area contributed by atoms with Crippen molar-refractivity contribution in [3.05, 3.63) is 23.7 Å². The van der Waals surface area contributed by atoms with Gasteiger partial charge in [0.25, 0.3) is 11.8 Å². The smallest absolute Gasteiger partial charge is 0.301 e. The summed E-state index contributed by atoms with van der Waals surface area (Å²) in [5.41, 5.74) is 2.33. The minimum atomic E-state index is -0.622. The van der Waals surface area contributed by atoms with E-state index in [-0.39, 0.29) is 25.5 Å². The van der Waals surface area contributed by atoms with Crippen molar-refractivity contribution in [2.45, 2.75) is 6.54 Å². The Bertz CT molecular complexity index is 479. The molecule has 1 aliphatic rings. The second kappa shape index (κ2) is 4.98. The van der Waals surface area contributed by atoms with Crippen LogP contribution in [0.1, 0.15) is 16.1 Å². The third-order valence-electron chi connectivity index (χ3n) is 2.47. The lowest BCUT2D eigenvalue weighted by atomic mass is 10.2. The van der Waals surface area contributed by atoms with E-state index in [2.05, 4.69) is 0 Å². The monoisotopic (exact) mass is 253 g/mol. The molecule has 0 saturated carbocycles. The van der Waals surface area contributed by atoms with Gasteiger partial charge in [-0.25, -0.2) is 5.84 Å². The third-order valence-corrected chi connectivity index (χ3v) is 2.47. The van der Waals surface area contributed by atoms with Gasteiger partial charge in [-0.2, -0.15) is 0 Å². The fourth-order valence-corrected chi connectivity index (χ4v) is 1.59. The lowest BCUT2D eigenvalue weighted by Gasteiger charge is -2.24. The maximum Gasteiger partial charge on any atom is 0.301 e. The molecule has 0 aliphatic carbocycles. The summed E-state index contributed by atoms with van der Waals surface area (Å²) in [5.74, 6) is 3.44. The van der Waals surface area contributed by atoms with Gasteiger partial charge in [0.2, 0.25) is 0 Å². The highest BCUT2D eigenvalue weighted by Gasteiger charge is 2.28. The number of nitrogens with zero attached hydrogens (tertiary/aromatic N) is 1. The summed E-state index contributed by atoms with van der Waals surface area (Å²) >= 11 is 0. The molecule has 3 amide bonds. The van der Waals surface area contributed by atoms with E-state index in [0.717, 1.165) is 4.90 Å². The Morgan fingerprint density at radius 3 is 2.67 bits per heavy atom. The molecule has 0 radical (unpaired) electrons. The molecule has 1 aromatic heterocycles. The molecule has 96 valence electrons. The van der Waals surface area contributed by atoms with Crippen LogP contribution in [0.5, 0.6) is 0 Å². The molecule has 18 heavy (non-hydrogen) atoms. The average Bonchev–Trinajstić information content (AvgIpc) is 2.81. The summed E-state index contributed by atoms with van der Waals surface area (Å²) in [5, 5.41) is 0. The zero-order chi connectivity index (χ0) is 13.1. The number of nitrogens with two attached hydrogens (primary N) is 1. The van der Waals surface area contributed by atoms with Gasteiger partial charge >= 0.3 is 5.91 Å². The second-order valence-electron chi connectivity index (χ2n) is 3.61. The van der Waals surface area contributed by atoms with Crippen LogP contribution in [0.2, 0.25) is 0 Å². The van der Waals surface area contributed by atoms with Crippen LogP contribution in [-0.2, 0) is 20.9 Å². The van der Waals surface area contributed by atoms with Crippen molar-refractivity contribution < 1.29 is 23.5 Å². The molecule has 1 fully saturated rings. The number of furan rings is 1. The Labute approximate surface area is 102 Å². The van der Waals surface area contributed by atoms with Crippen molar-refractivity contribution in [2.75, 3.05) is 13.2 Å². The maximum absolute atomic E-state index is 11.5. The van der Waals surface area contributed by atoms with Crippen molar-refractivity contribution in [3.8, 4) is 0 Å². The first kappa shape index (κ1) is 12.3. The second-order valence-corrected chi connectivity index (χ2v) is 3.61. The van der Waals surface area contributed by atoms with Crippen molar-refractivity contribution in [3.63, 3.8) is 0 Å². The number of amides is 3. The first-order chi connectivity index (χ1) is 8.63. The van der Waals surface area contributed by atoms with E-state index in [0.29, 0.717) is 5.56 Å². The highest BCUT2D eigenvalue weighted by molar-refractivity contribution is 5.98. The van der Waals surface area contributed by atoms with Gasteiger partial charge in [-0.15, -0.1) is 0 Å². The molecule has 2 heterocycles. The number of carbonyl (C=O) groups excluding carboxylic acids is 3. The summed E-state index contributed by atoms with van der Waals surface area (Å²) in [6, 6.07) is 1.50. The van der Waals surface area contributed by atoms with E-state index in [1.807, 2.05) is 5.43 Å². The van der Waals surface area contributed by atoms with Crippen molar-refractivity contribution >= 4 is 17.7 Å². The summed E-state index contributed by atoms with van der Waals surface area (Å²) in [6.45, 7) is -0.343. The molecule has 0 atom stereocenters. The molecule has 8 nitrogen and oxygen atoms in total. The number of hydrogen-bond acceptors (Lipinski definition) is 6. The van der Waals surface area contributed by atoms with Gasteiger partial charge in [0, 0.05) is 5.56 Å². The summed E-state index contributed by atoms with van der Waals surface area (Å²) in [4.78, 5) is 35.4. The fourth-order valence-electron chi connectivity index (χ4n) is 1.59. The van der Waals surface area contributed by atoms with Crippen LogP contribution in [0.25, 0.3) is 0 Å². The molecular formula is C10H11N3O5. The quantitative estimate of drug-likeness (QED) is 0.301. The van der Waals surface area contributed by atoms with E-state index in [1.54, 1.807) is 0 Å². The van der Waals surface area contributed by atoms with Crippen LogP contribution >= 0.6 is 0 Å². The fraction of sp³-hybridized carbons (Fsp3) is 0.300. The molecule has 0 bridgehead atoms. The number of imide groups is 1. The minimum Gasteiger partial charge on any atom is -0.459 e. The number of hydrogen-bond donors (Lipinski definition) is 2. The predicted molar refractivity (Wildman–Crippen MR) is 56.7 cm³/mol. The molecule has 0 spiro atoms. The molecular weight excluding hydrogens is 242 g/mol. The third kappa shape index (κ3) is 2.24. The van der Waals surface area contributed by atoms with Gasteiger partial charge in [0.1, 0.15) is 13.2 Å². The largest absolute Gasteiger partial charge is 0.459 e. The summed E-state index contributed by atoms with van der Waals surface area (Å²) < 4.78 is 9.74. The van der Waals surface area contributed by atoms with Crippen LogP contribution in [0.3, 0.4) is 0 Å². The number of nitrogens with one attached hydrogen (secondary N) is 1. The number of ether oxygens (including phenoxy) is 1. The first-order valence-electron chi connectivity index (χ1n) is 5.11. The Balaban J connectivity index is 2.18. The van der Waals surface area contributed by atoms with Crippen molar-refractivity contribution in [2.24, 2.45) is 5.84 Å². The molecule has 0 aromatic carbocycles. The van der Waals surface area contributed by atoms with E-state index in [4.69, 9.17) is 15.0 Å². The maximum atomic E-state index is 11.5. The summed E-state index contributed by atoms with van der Waals surface area (Å²) in [6.07, 6.45) is 1.29. The highest BCUT2D eigenvalue weighted by atomic mass is 16.5. The van der Waals surface area contributed by atoms with E-state index >= 15 is 0 Å². The lowest BCUT2D eigenvalue weighted by molar-refractivity contribution is -0.159. The number of hydrazine groups is 1. The van der Waals surface area contributed by atoms with Crippen LogP contribution in [0, 0.1) is 0 Å². The molecule has 1 aliphatic heterocycles. The number of carbonyl (C=O) groups is 3. The standard InChI is InChI=1S/C10H11N3O5/c11-12-10(16)9-6(1-2-18-9)3-13-7(14)4-17-5-8(13)15/h1-2H,3-5,11H2,(H,12,16). The van der Waals surface area contributed by atoms with Crippen LogP contribution in [0.4, 0.5) is 0 Å².